The highest BCUT2D eigenvalue weighted by atomic mass is 15.0. The van der Waals surface area contributed by atoms with Crippen LogP contribution in [0.4, 0.5) is 0 Å². The zero-order valence-corrected chi connectivity index (χ0v) is 32.8. The summed E-state index contributed by atoms with van der Waals surface area (Å²) in [5.74, 6) is 0.373. The summed E-state index contributed by atoms with van der Waals surface area (Å²) in [6.45, 7) is 18.3. The molecule has 0 spiro atoms. The van der Waals surface area contributed by atoms with Crippen LogP contribution in [0, 0.1) is 11.3 Å². The molecule has 2 aromatic carbocycles. The first-order valence-electron chi connectivity index (χ1n) is 19.0. The second-order valence-electron chi connectivity index (χ2n) is 14.2. The Labute approximate surface area is 332 Å². The first kappa shape index (κ1) is 40.9. The van der Waals surface area contributed by atoms with E-state index in [1.165, 1.54) is 16.7 Å². The predicted octanol–water partition coefficient (Wildman–Crippen LogP) is 11.1. The first-order chi connectivity index (χ1) is 27.2. The van der Waals surface area contributed by atoms with Gasteiger partial charge in [-0.2, -0.15) is 0 Å². The molecule has 4 N–H and O–H groups in total. The quantitative estimate of drug-likeness (QED) is 0.0408. The Kier molecular flexibility index (Phi) is 14.9. The summed E-state index contributed by atoms with van der Waals surface area (Å²) >= 11 is 0. The van der Waals surface area contributed by atoms with Crippen molar-refractivity contribution in [1.82, 2.24) is 15.3 Å². The highest BCUT2D eigenvalue weighted by molar-refractivity contribution is 5.96. The Hall–Kier alpha value is -6.31. The van der Waals surface area contributed by atoms with Gasteiger partial charge in [-0.05, 0) is 110 Å². The maximum atomic E-state index is 8.09. The molecule has 2 aromatic heterocycles. The number of fused-ring (bicyclic) bond motifs is 1. The minimum Gasteiger partial charge on any atom is -0.384 e. The van der Waals surface area contributed by atoms with Crippen molar-refractivity contribution < 1.29 is 0 Å². The van der Waals surface area contributed by atoms with E-state index in [-0.39, 0.29) is 12.0 Å². The van der Waals surface area contributed by atoms with E-state index in [1.54, 1.807) is 30.9 Å². The number of nitrogens with zero attached hydrogens (tertiary/aromatic N) is 4. The monoisotopic (exact) mass is 739 g/mol. The maximum absolute atomic E-state index is 8.09. The summed E-state index contributed by atoms with van der Waals surface area (Å²) < 4.78 is 0. The molecule has 0 aliphatic heterocycles. The third-order valence-electron chi connectivity index (χ3n) is 9.51. The lowest BCUT2D eigenvalue weighted by atomic mass is 9.83. The van der Waals surface area contributed by atoms with Gasteiger partial charge in [0.25, 0.3) is 0 Å². The van der Waals surface area contributed by atoms with Crippen LogP contribution < -0.4 is 11.1 Å². The third-order valence-corrected chi connectivity index (χ3v) is 9.51. The molecule has 2 heterocycles. The highest BCUT2D eigenvalue weighted by Crippen LogP contribution is 2.35. The lowest BCUT2D eigenvalue weighted by Crippen LogP contribution is -2.36. The summed E-state index contributed by atoms with van der Waals surface area (Å²) in [5.41, 5.74) is 17.3. The maximum Gasteiger partial charge on any atom is 0.167 e. The number of hydrogen-bond donors (Lipinski definition) is 3. The summed E-state index contributed by atoms with van der Waals surface area (Å²) in [6.07, 6.45) is 24.8. The average Bonchev–Trinajstić information content (AvgIpc) is 3.22. The topological polar surface area (TPSA) is 112 Å². The van der Waals surface area contributed by atoms with E-state index >= 15 is 0 Å². The third kappa shape index (κ3) is 11.4. The van der Waals surface area contributed by atoms with E-state index in [0.29, 0.717) is 24.0 Å². The van der Waals surface area contributed by atoms with Gasteiger partial charge in [-0.15, -0.1) is 6.58 Å². The van der Waals surface area contributed by atoms with Gasteiger partial charge in [0.1, 0.15) is 5.84 Å². The number of allylic oxidation sites excluding steroid dienone is 6. The summed E-state index contributed by atoms with van der Waals surface area (Å²) in [7, 11) is 0. The van der Waals surface area contributed by atoms with Crippen molar-refractivity contribution >= 4 is 36.0 Å². The van der Waals surface area contributed by atoms with Crippen molar-refractivity contribution in [3.8, 4) is 11.1 Å². The van der Waals surface area contributed by atoms with Crippen LogP contribution in [-0.2, 0) is 0 Å². The van der Waals surface area contributed by atoms with Crippen LogP contribution in [0.2, 0.25) is 0 Å². The smallest absolute Gasteiger partial charge is 0.167 e. The van der Waals surface area contributed by atoms with Crippen LogP contribution in [0.3, 0.4) is 0 Å². The number of aromatic nitrogens is 2. The molecule has 0 saturated carbocycles. The molecule has 4 unspecified atom stereocenters. The van der Waals surface area contributed by atoms with Crippen molar-refractivity contribution in [2.75, 3.05) is 0 Å². The fourth-order valence-corrected chi connectivity index (χ4v) is 6.40. The fourth-order valence-electron chi connectivity index (χ4n) is 6.40. The molecule has 0 fully saturated rings. The van der Waals surface area contributed by atoms with Gasteiger partial charge in [-0.25, -0.2) is 9.98 Å². The normalized spacial score (nSPS) is 16.6. The number of rotatable bonds is 18. The number of amidine groups is 1. The van der Waals surface area contributed by atoms with Gasteiger partial charge in [-0.3, -0.25) is 9.98 Å². The molecule has 4 aromatic rings. The van der Waals surface area contributed by atoms with Gasteiger partial charge in [0.05, 0.1) is 11.4 Å². The lowest BCUT2D eigenvalue weighted by molar-refractivity contribution is 0.426. The Morgan fingerprint density at radius 3 is 2.55 bits per heavy atom. The Morgan fingerprint density at radius 1 is 1.02 bits per heavy atom. The SMILES string of the molecule is C=C/C=C(\C=C\c1cccc(-c2ccc3c(c2)C=CC(C=N)C3NC(C)CC=C(C)C)c1)c1cccc(C=NC(N=C(N)C(=C)CCC=C)c2ccncc2)n1. The lowest BCUT2D eigenvalue weighted by Gasteiger charge is -2.31. The van der Waals surface area contributed by atoms with Gasteiger partial charge in [0.2, 0.25) is 0 Å². The summed E-state index contributed by atoms with van der Waals surface area (Å²) in [4.78, 5) is 18.5. The molecular formula is C49H53N7. The van der Waals surface area contributed by atoms with E-state index in [4.69, 9.17) is 26.1 Å². The zero-order valence-electron chi connectivity index (χ0n) is 32.8. The van der Waals surface area contributed by atoms with Crippen molar-refractivity contribution in [1.29, 1.82) is 5.41 Å². The summed E-state index contributed by atoms with van der Waals surface area (Å²) in [6, 6.07) is 25.1. The standard InChI is InChI=1S/C49H53N7/c1-7-9-13-35(5)48(51)56-49(39-26-28-52-29-27-39)53-33-44-16-11-17-46(55-44)38(12-8-2)21-20-37-14-10-15-40(30-37)41-24-25-45-42(31-41)22-23-43(32-50)47(45)54-36(6)19-18-34(3)4/h7-8,10-12,14-18,20-33,36,43,47,49-50,54H,1-2,5,9,13,19H2,3-4,6H3,(H2,51,56)/b21-20+,38-12+,50-32?,53-33?. The number of nitrogens with one attached hydrogen (secondary N) is 2. The van der Waals surface area contributed by atoms with Gasteiger partial charge in [0, 0.05) is 54.0 Å². The number of nitrogens with two attached hydrogens (primary N) is 1. The molecule has 1 aliphatic rings. The van der Waals surface area contributed by atoms with Gasteiger partial charge in [0.15, 0.2) is 6.17 Å². The van der Waals surface area contributed by atoms with E-state index in [0.717, 1.165) is 51.9 Å². The largest absolute Gasteiger partial charge is 0.384 e. The molecule has 56 heavy (non-hydrogen) atoms. The Bertz CT molecular complexity index is 2200. The van der Waals surface area contributed by atoms with Crippen LogP contribution in [0.15, 0.2) is 163 Å². The molecule has 0 amide bonds. The van der Waals surface area contributed by atoms with Crippen LogP contribution >= 0.6 is 0 Å². The molecule has 7 nitrogen and oxygen atoms in total. The minimum absolute atomic E-state index is 0.0112. The average molecular weight is 740 g/mol. The number of hydrogen-bond acceptors (Lipinski definition) is 6. The van der Waals surface area contributed by atoms with E-state index < -0.39 is 6.17 Å². The number of benzene rings is 2. The Morgan fingerprint density at radius 2 is 1.80 bits per heavy atom. The molecule has 5 rings (SSSR count). The fraction of sp³-hybridized carbons (Fsp3) is 0.204. The second-order valence-corrected chi connectivity index (χ2v) is 14.2. The number of aliphatic imine (C=N–C) groups is 2. The molecule has 7 heteroatoms. The van der Waals surface area contributed by atoms with Crippen molar-refractivity contribution in [2.24, 2.45) is 21.6 Å². The van der Waals surface area contributed by atoms with Crippen molar-refractivity contribution in [3.63, 3.8) is 0 Å². The van der Waals surface area contributed by atoms with Crippen molar-refractivity contribution in [2.45, 2.75) is 58.3 Å². The van der Waals surface area contributed by atoms with Gasteiger partial charge >= 0.3 is 0 Å². The molecule has 4 atom stereocenters. The van der Waals surface area contributed by atoms with Crippen LogP contribution in [-0.4, -0.2) is 34.3 Å². The highest BCUT2D eigenvalue weighted by Gasteiger charge is 2.26. The second kappa shape index (κ2) is 20.4. The Balaban J connectivity index is 1.35. The molecule has 0 saturated heterocycles. The minimum atomic E-state index is -0.580. The molecular weight excluding hydrogens is 687 g/mol. The predicted molar refractivity (Wildman–Crippen MR) is 239 cm³/mol. The number of pyridine rings is 2. The molecule has 0 radical (unpaired) electrons. The van der Waals surface area contributed by atoms with Crippen LogP contribution in [0.5, 0.6) is 0 Å². The van der Waals surface area contributed by atoms with Crippen LogP contribution in [0.25, 0.3) is 28.9 Å². The summed E-state index contributed by atoms with van der Waals surface area (Å²) in [5, 5.41) is 11.9. The van der Waals surface area contributed by atoms with Gasteiger partial charge in [-0.1, -0.05) is 104 Å². The van der Waals surface area contributed by atoms with Crippen LogP contribution in [0.1, 0.15) is 85.9 Å². The zero-order chi connectivity index (χ0) is 39.9. The molecule has 284 valence electrons. The van der Waals surface area contributed by atoms with E-state index in [9.17, 15) is 0 Å². The van der Waals surface area contributed by atoms with Gasteiger partial charge < -0.3 is 16.5 Å². The first-order valence-corrected chi connectivity index (χ1v) is 19.0. The molecule has 0 bridgehead atoms. The van der Waals surface area contributed by atoms with Crippen molar-refractivity contribution in [3.05, 3.63) is 186 Å². The van der Waals surface area contributed by atoms with E-state index in [2.05, 4.69) is 124 Å². The molecule has 1 aliphatic carbocycles. The van der Waals surface area contributed by atoms with E-state index in [1.807, 2.05) is 42.5 Å².